The van der Waals surface area contributed by atoms with Gasteiger partial charge in [-0.2, -0.15) is 0 Å². The van der Waals surface area contributed by atoms with Gasteiger partial charge in [0.05, 0.1) is 11.9 Å². The van der Waals surface area contributed by atoms with Crippen LogP contribution in [0.4, 0.5) is 10.1 Å². The largest absolute Gasteiger partial charge is 0.321 e. The highest BCUT2D eigenvalue weighted by Crippen LogP contribution is 2.13. The normalized spacial score (nSPS) is 11.2. The number of carbonyl (C=O) groups is 1. The Kier molecular flexibility index (Phi) is 4.04. The summed E-state index contributed by atoms with van der Waals surface area (Å²) in [6, 6.07) is 6.87. The minimum atomic E-state index is -3.38. The maximum Gasteiger partial charge on any atom is 0.255 e. The zero-order valence-corrected chi connectivity index (χ0v) is 12.2. The van der Waals surface area contributed by atoms with Gasteiger partial charge in [0, 0.05) is 11.8 Å². The minimum Gasteiger partial charge on any atom is -0.321 e. The van der Waals surface area contributed by atoms with Gasteiger partial charge in [0.15, 0.2) is 14.9 Å². The molecule has 0 atom stereocenters. The van der Waals surface area contributed by atoms with Crippen LogP contribution < -0.4 is 5.32 Å². The third kappa shape index (κ3) is 3.63. The molecule has 0 fully saturated rings. The summed E-state index contributed by atoms with van der Waals surface area (Å²) < 4.78 is 35.9. The number of aromatic nitrogens is 1. The predicted octanol–water partition coefficient (Wildman–Crippen LogP) is 2.18. The van der Waals surface area contributed by atoms with Gasteiger partial charge in [-0.15, -0.1) is 0 Å². The Morgan fingerprint density at radius 1 is 1.24 bits per heavy atom. The first-order valence-corrected chi connectivity index (χ1v) is 7.90. The van der Waals surface area contributed by atoms with Crippen molar-refractivity contribution in [1.29, 1.82) is 0 Å². The Balaban J connectivity index is 2.18. The zero-order chi connectivity index (χ0) is 15.6. The monoisotopic (exact) mass is 308 g/mol. The molecule has 2 aromatic rings. The Morgan fingerprint density at radius 3 is 2.48 bits per heavy atom. The summed E-state index contributed by atoms with van der Waals surface area (Å²) in [5.41, 5.74) is 0.949. The molecular formula is C14H13FN2O3S. The van der Waals surface area contributed by atoms with Crippen molar-refractivity contribution in [2.75, 3.05) is 11.6 Å². The number of pyridine rings is 1. The molecule has 5 nitrogen and oxygen atoms in total. The summed E-state index contributed by atoms with van der Waals surface area (Å²) in [6.45, 7) is 1.60. The molecule has 0 saturated carbocycles. The van der Waals surface area contributed by atoms with Gasteiger partial charge in [0.1, 0.15) is 5.82 Å². The van der Waals surface area contributed by atoms with E-state index in [1.807, 2.05) is 0 Å². The maximum atomic E-state index is 13.4. The maximum absolute atomic E-state index is 13.4. The molecule has 1 N–H and O–H groups in total. The summed E-state index contributed by atoms with van der Waals surface area (Å²) in [7, 11) is -3.38. The first kappa shape index (κ1) is 15.1. The molecule has 0 aliphatic heterocycles. The number of hydrogen-bond acceptors (Lipinski definition) is 4. The predicted molar refractivity (Wildman–Crippen MR) is 76.4 cm³/mol. The molecular weight excluding hydrogens is 295 g/mol. The minimum absolute atomic E-state index is 0.0816. The molecule has 110 valence electrons. The second kappa shape index (κ2) is 5.61. The molecule has 0 bridgehead atoms. The van der Waals surface area contributed by atoms with Crippen molar-refractivity contribution in [3.05, 3.63) is 53.5 Å². The van der Waals surface area contributed by atoms with Crippen LogP contribution in [0.1, 0.15) is 15.9 Å². The summed E-state index contributed by atoms with van der Waals surface area (Å²) in [5.74, 6) is -0.962. The SMILES string of the molecule is Cc1ccc(C(=O)Nc2ccc(S(C)(=O)=O)nc2)cc1F. The van der Waals surface area contributed by atoms with Crippen LogP contribution in [0.15, 0.2) is 41.6 Å². The van der Waals surface area contributed by atoms with Crippen LogP contribution in [-0.2, 0) is 9.84 Å². The fourth-order valence-electron chi connectivity index (χ4n) is 1.61. The van der Waals surface area contributed by atoms with E-state index in [9.17, 15) is 17.6 Å². The van der Waals surface area contributed by atoms with E-state index in [1.165, 1.54) is 30.5 Å². The standard InChI is InChI=1S/C14H13FN2O3S/c1-9-3-4-10(7-12(9)15)14(18)17-11-5-6-13(16-8-11)21(2,19)20/h3-8H,1-2H3,(H,17,18). The van der Waals surface area contributed by atoms with Crippen molar-refractivity contribution in [3.63, 3.8) is 0 Å². The van der Waals surface area contributed by atoms with Gasteiger partial charge in [-0.05, 0) is 36.8 Å². The number of aryl methyl sites for hydroxylation is 1. The van der Waals surface area contributed by atoms with E-state index < -0.39 is 21.6 Å². The Labute approximate surface area is 121 Å². The quantitative estimate of drug-likeness (QED) is 0.943. The number of anilines is 1. The van der Waals surface area contributed by atoms with E-state index in [-0.39, 0.29) is 10.6 Å². The third-order valence-electron chi connectivity index (χ3n) is 2.81. The smallest absolute Gasteiger partial charge is 0.255 e. The Hall–Kier alpha value is -2.28. The van der Waals surface area contributed by atoms with Crippen LogP contribution in [0, 0.1) is 12.7 Å². The molecule has 1 amide bonds. The van der Waals surface area contributed by atoms with Crippen molar-refractivity contribution >= 4 is 21.4 Å². The van der Waals surface area contributed by atoms with Crippen LogP contribution in [-0.4, -0.2) is 25.6 Å². The molecule has 1 heterocycles. The Bertz CT molecular complexity index is 786. The third-order valence-corrected chi connectivity index (χ3v) is 3.81. The molecule has 21 heavy (non-hydrogen) atoms. The van der Waals surface area contributed by atoms with Gasteiger partial charge >= 0.3 is 0 Å². The number of carbonyl (C=O) groups excluding carboxylic acids is 1. The molecule has 0 saturated heterocycles. The van der Waals surface area contributed by atoms with E-state index in [4.69, 9.17) is 0 Å². The number of amides is 1. The van der Waals surface area contributed by atoms with Gasteiger partial charge in [-0.25, -0.2) is 17.8 Å². The molecule has 1 aromatic carbocycles. The summed E-state index contributed by atoms with van der Waals surface area (Å²) in [4.78, 5) is 15.7. The first-order chi connectivity index (χ1) is 9.77. The summed E-state index contributed by atoms with van der Waals surface area (Å²) >= 11 is 0. The number of halogens is 1. The van der Waals surface area contributed by atoms with Crippen molar-refractivity contribution in [2.24, 2.45) is 0 Å². The lowest BCUT2D eigenvalue weighted by Crippen LogP contribution is -2.13. The first-order valence-electron chi connectivity index (χ1n) is 6.01. The Morgan fingerprint density at radius 2 is 1.95 bits per heavy atom. The number of nitrogens with zero attached hydrogens (tertiary/aromatic N) is 1. The zero-order valence-electron chi connectivity index (χ0n) is 11.4. The molecule has 2 rings (SSSR count). The van der Waals surface area contributed by atoms with Gasteiger partial charge in [0.2, 0.25) is 0 Å². The van der Waals surface area contributed by atoms with Gasteiger partial charge < -0.3 is 5.32 Å². The lowest BCUT2D eigenvalue weighted by atomic mass is 10.1. The number of nitrogens with one attached hydrogen (secondary N) is 1. The van der Waals surface area contributed by atoms with Crippen molar-refractivity contribution in [1.82, 2.24) is 4.98 Å². The fraction of sp³-hybridized carbons (Fsp3) is 0.143. The van der Waals surface area contributed by atoms with Crippen LogP contribution in [0.25, 0.3) is 0 Å². The molecule has 1 aromatic heterocycles. The van der Waals surface area contributed by atoms with Crippen LogP contribution in [0.5, 0.6) is 0 Å². The molecule has 0 spiro atoms. The lowest BCUT2D eigenvalue weighted by molar-refractivity contribution is 0.102. The van der Waals surface area contributed by atoms with Crippen molar-refractivity contribution < 1.29 is 17.6 Å². The van der Waals surface area contributed by atoms with Crippen LogP contribution in [0.2, 0.25) is 0 Å². The molecule has 0 aliphatic carbocycles. The van der Waals surface area contributed by atoms with Crippen molar-refractivity contribution in [3.8, 4) is 0 Å². The average Bonchev–Trinajstić information content (AvgIpc) is 2.41. The summed E-state index contributed by atoms with van der Waals surface area (Å²) in [6.07, 6.45) is 2.28. The van der Waals surface area contributed by atoms with Gasteiger partial charge in [0.25, 0.3) is 5.91 Å². The molecule has 0 aliphatic rings. The number of hydrogen-bond donors (Lipinski definition) is 1. The average molecular weight is 308 g/mol. The van der Waals surface area contributed by atoms with E-state index in [0.717, 1.165) is 12.3 Å². The number of rotatable bonds is 3. The highest BCUT2D eigenvalue weighted by Gasteiger charge is 2.11. The summed E-state index contributed by atoms with van der Waals surface area (Å²) in [5, 5.41) is 2.44. The highest BCUT2D eigenvalue weighted by atomic mass is 32.2. The van der Waals surface area contributed by atoms with E-state index in [2.05, 4.69) is 10.3 Å². The van der Waals surface area contributed by atoms with Crippen LogP contribution in [0.3, 0.4) is 0 Å². The van der Waals surface area contributed by atoms with Gasteiger partial charge in [-0.1, -0.05) is 6.07 Å². The number of sulfone groups is 1. The van der Waals surface area contributed by atoms with E-state index in [0.29, 0.717) is 11.3 Å². The topological polar surface area (TPSA) is 76.1 Å². The van der Waals surface area contributed by atoms with E-state index in [1.54, 1.807) is 6.92 Å². The molecule has 0 radical (unpaired) electrons. The lowest BCUT2D eigenvalue weighted by Gasteiger charge is -2.06. The highest BCUT2D eigenvalue weighted by molar-refractivity contribution is 7.90. The van der Waals surface area contributed by atoms with Crippen LogP contribution >= 0.6 is 0 Å². The number of benzene rings is 1. The second-order valence-corrected chi connectivity index (χ2v) is 6.54. The van der Waals surface area contributed by atoms with Gasteiger partial charge in [-0.3, -0.25) is 4.79 Å². The van der Waals surface area contributed by atoms with E-state index >= 15 is 0 Å². The van der Waals surface area contributed by atoms with Crippen molar-refractivity contribution in [2.45, 2.75) is 11.9 Å². The second-order valence-electron chi connectivity index (χ2n) is 4.58. The molecule has 0 unspecified atom stereocenters. The molecule has 7 heteroatoms. The fourth-order valence-corrected chi connectivity index (χ4v) is 2.17.